The third-order valence-corrected chi connectivity index (χ3v) is 4.33. The molecule has 96 valence electrons. The number of amides is 1. The van der Waals surface area contributed by atoms with Gasteiger partial charge in [-0.2, -0.15) is 17.0 Å². The van der Waals surface area contributed by atoms with E-state index in [1.807, 2.05) is 6.92 Å². The number of rotatable bonds is 7. The lowest BCUT2D eigenvalue weighted by molar-refractivity contribution is -0.119. The molecule has 1 saturated carbocycles. The number of carbonyl (C=O) groups is 1. The Morgan fingerprint density at radius 2 is 2.35 bits per heavy atom. The second-order valence-electron chi connectivity index (χ2n) is 4.99. The minimum atomic E-state index is -0.670. The van der Waals surface area contributed by atoms with Crippen LogP contribution in [0.5, 0.6) is 0 Å². The lowest BCUT2D eigenvalue weighted by Gasteiger charge is -2.22. The van der Waals surface area contributed by atoms with Crippen LogP contribution in [0.1, 0.15) is 26.7 Å². The summed E-state index contributed by atoms with van der Waals surface area (Å²) in [6.45, 7) is 4.52. The van der Waals surface area contributed by atoms with Gasteiger partial charge in [-0.1, -0.05) is 6.92 Å². The Hall–Kier alpha value is -0.730. The van der Waals surface area contributed by atoms with Gasteiger partial charge in [-0.25, -0.2) is 0 Å². The van der Waals surface area contributed by atoms with Crippen LogP contribution in [-0.2, 0) is 4.79 Å². The molecule has 2 atom stereocenters. The molecule has 1 amide bonds. The molecule has 0 spiro atoms. The van der Waals surface area contributed by atoms with Crippen molar-refractivity contribution in [1.29, 1.82) is 5.26 Å². The van der Waals surface area contributed by atoms with Gasteiger partial charge < -0.3 is 11.1 Å². The van der Waals surface area contributed by atoms with E-state index >= 15 is 0 Å². The molecule has 0 aromatic heterocycles. The fourth-order valence-corrected chi connectivity index (χ4v) is 2.54. The van der Waals surface area contributed by atoms with Crippen LogP contribution in [0.2, 0.25) is 0 Å². The molecule has 1 fully saturated rings. The molecular weight excluding hydrogens is 234 g/mol. The zero-order valence-electron chi connectivity index (χ0n) is 10.5. The Labute approximate surface area is 107 Å². The van der Waals surface area contributed by atoms with Crippen molar-refractivity contribution in [1.82, 2.24) is 5.32 Å². The van der Waals surface area contributed by atoms with Crippen molar-refractivity contribution in [2.45, 2.75) is 32.2 Å². The SMILES string of the molecule is CC(CN)CSCC(=O)NC(C)(C#N)C1CC1. The maximum atomic E-state index is 11.7. The molecule has 0 aromatic rings. The molecule has 0 bridgehead atoms. The fraction of sp³-hybridized carbons (Fsp3) is 0.833. The van der Waals surface area contributed by atoms with Crippen molar-refractivity contribution in [2.24, 2.45) is 17.6 Å². The van der Waals surface area contributed by atoms with Gasteiger partial charge in [0.25, 0.3) is 0 Å². The molecular formula is C12H21N3OS. The first-order valence-electron chi connectivity index (χ1n) is 6.02. The van der Waals surface area contributed by atoms with Gasteiger partial charge in [0.1, 0.15) is 5.54 Å². The number of nitrogens with one attached hydrogen (secondary N) is 1. The summed E-state index contributed by atoms with van der Waals surface area (Å²) >= 11 is 1.58. The molecule has 17 heavy (non-hydrogen) atoms. The van der Waals surface area contributed by atoms with Gasteiger partial charge >= 0.3 is 0 Å². The van der Waals surface area contributed by atoms with E-state index in [0.717, 1.165) is 18.6 Å². The number of nitrogens with zero attached hydrogens (tertiary/aromatic N) is 1. The van der Waals surface area contributed by atoms with E-state index in [0.29, 0.717) is 24.1 Å². The zero-order chi connectivity index (χ0) is 12.9. The number of thioether (sulfide) groups is 1. The highest BCUT2D eigenvalue weighted by Gasteiger charge is 2.42. The molecule has 4 nitrogen and oxygen atoms in total. The fourth-order valence-electron chi connectivity index (χ4n) is 1.63. The Bertz CT molecular complexity index is 311. The topological polar surface area (TPSA) is 78.9 Å². The molecule has 0 aromatic carbocycles. The summed E-state index contributed by atoms with van der Waals surface area (Å²) in [5.74, 6) is 2.02. The largest absolute Gasteiger partial charge is 0.337 e. The number of hydrogen-bond donors (Lipinski definition) is 2. The third-order valence-electron chi connectivity index (χ3n) is 3.06. The predicted molar refractivity (Wildman–Crippen MR) is 70.4 cm³/mol. The Morgan fingerprint density at radius 3 is 2.82 bits per heavy atom. The maximum Gasteiger partial charge on any atom is 0.231 e. The molecule has 1 aliphatic rings. The molecule has 1 aliphatic carbocycles. The van der Waals surface area contributed by atoms with Crippen LogP contribution in [-0.4, -0.2) is 29.5 Å². The minimum Gasteiger partial charge on any atom is -0.337 e. The summed E-state index contributed by atoms with van der Waals surface area (Å²) < 4.78 is 0. The van der Waals surface area contributed by atoms with Gasteiger partial charge in [-0.05, 0) is 43.9 Å². The van der Waals surface area contributed by atoms with E-state index in [2.05, 4.69) is 18.3 Å². The summed E-state index contributed by atoms with van der Waals surface area (Å²) in [5.41, 5.74) is 4.83. The molecule has 1 rings (SSSR count). The van der Waals surface area contributed by atoms with Crippen LogP contribution < -0.4 is 11.1 Å². The monoisotopic (exact) mass is 255 g/mol. The van der Waals surface area contributed by atoms with E-state index in [1.165, 1.54) is 0 Å². The molecule has 0 aliphatic heterocycles. The minimum absolute atomic E-state index is 0.0461. The average Bonchev–Trinajstić information content (AvgIpc) is 3.12. The molecule has 0 heterocycles. The number of nitrogens with two attached hydrogens (primary N) is 1. The van der Waals surface area contributed by atoms with Crippen LogP contribution in [0.4, 0.5) is 0 Å². The molecule has 3 N–H and O–H groups in total. The van der Waals surface area contributed by atoms with E-state index in [9.17, 15) is 4.79 Å². The smallest absolute Gasteiger partial charge is 0.231 e. The van der Waals surface area contributed by atoms with Gasteiger partial charge in [0.2, 0.25) is 5.91 Å². The van der Waals surface area contributed by atoms with Crippen LogP contribution in [0.3, 0.4) is 0 Å². The van der Waals surface area contributed by atoms with Crippen molar-refractivity contribution < 1.29 is 4.79 Å². The second-order valence-corrected chi connectivity index (χ2v) is 6.02. The van der Waals surface area contributed by atoms with E-state index in [4.69, 9.17) is 11.0 Å². The Kier molecular flexibility index (Phi) is 5.29. The predicted octanol–water partition coefficient (Wildman–Crippen LogP) is 1.12. The van der Waals surface area contributed by atoms with Crippen molar-refractivity contribution in [3.63, 3.8) is 0 Å². The van der Waals surface area contributed by atoms with Crippen molar-refractivity contribution >= 4 is 17.7 Å². The van der Waals surface area contributed by atoms with Crippen molar-refractivity contribution in [3.8, 4) is 6.07 Å². The maximum absolute atomic E-state index is 11.7. The second kappa shape index (κ2) is 6.27. The summed E-state index contributed by atoms with van der Waals surface area (Å²) in [7, 11) is 0. The highest BCUT2D eigenvalue weighted by atomic mass is 32.2. The molecule has 0 radical (unpaired) electrons. The lowest BCUT2D eigenvalue weighted by atomic mass is 9.98. The highest BCUT2D eigenvalue weighted by molar-refractivity contribution is 7.99. The quantitative estimate of drug-likeness (QED) is 0.714. The first-order chi connectivity index (χ1) is 8.01. The highest BCUT2D eigenvalue weighted by Crippen LogP contribution is 2.39. The average molecular weight is 255 g/mol. The van der Waals surface area contributed by atoms with Gasteiger partial charge in [0.15, 0.2) is 0 Å². The van der Waals surface area contributed by atoms with Gasteiger partial charge in [0.05, 0.1) is 11.8 Å². The zero-order valence-corrected chi connectivity index (χ0v) is 11.3. The number of nitriles is 1. The Balaban J connectivity index is 2.27. The van der Waals surface area contributed by atoms with Crippen molar-refractivity contribution in [3.05, 3.63) is 0 Å². The van der Waals surface area contributed by atoms with E-state index in [1.54, 1.807) is 11.8 Å². The van der Waals surface area contributed by atoms with Gasteiger partial charge in [-0.15, -0.1) is 0 Å². The van der Waals surface area contributed by atoms with E-state index < -0.39 is 5.54 Å². The molecule has 0 saturated heterocycles. The number of carbonyl (C=O) groups excluding carboxylic acids is 1. The first-order valence-corrected chi connectivity index (χ1v) is 7.17. The molecule has 5 heteroatoms. The Morgan fingerprint density at radius 1 is 1.71 bits per heavy atom. The third kappa shape index (κ3) is 4.57. The van der Waals surface area contributed by atoms with Crippen LogP contribution in [0, 0.1) is 23.2 Å². The summed E-state index contributed by atoms with van der Waals surface area (Å²) in [6, 6.07) is 2.22. The van der Waals surface area contributed by atoms with Crippen molar-refractivity contribution in [2.75, 3.05) is 18.1 Å². The van der Waals surface area contributed by atoms with Crippen LogP contribution in [0.15, 0.2) is 0 Å². The summed E-state index contributed by atoms with van der Waals surface area (Å²) in [4.78, 5) is 11.7. The lowest BCUT2D eigenvalue weighted by Crippen LogP contribution is -2.47. The number of hydrogen-bond acceptors (Lipinski definition) is 4. The van der Waals surface area contributed by atoms with Gasteiger partial charge in [-0.3, -0.25) is 4.79 Å². The normalized spacial score (nSPS) is 20.1. The van der Waals surface area contributed by atoms with Gasteiger partial charge in [0, 0.05) is 0 Å². The van der Waals surface area contributed by atoms with Crippen LogP contribution >= 0.6 is 11.8 Å². The standard InChI is InChI=1S/C12H21N3OS/c1-9(5-13)6-17-7-11(16)15-12(2,8-14)10-3-4-10/h9-10H,3-7,13H2,1-2H3,(H,15,16). The summed E-state index contributed by atoms with van der Waals surface area (Å²) in [5, 5.41) is 12.0. The first kappa shape index (κ1) is 14.3. The summed E-state index contributed by atoms with van der Waals surface area (Å²) in [6.07, 6.45) is 2.09. The van der Waals surface area contributed by atoms with Crippen LogP contribution in [0.25, 0.3) is 0 Å². The molecule has 2 unspecified atom stereocenters. The van der Waals surface area contributed by atoms with E-state index in [-0.39, 0.29) is 5.91 Å².